The zero-order valence-corrected chi connectivity index (χ0v) is 33.9. The molecule has 0 saturated heterocycles. The topological polar surface area (TPSA) is 32.3 Å². The lowest BCUT2D eigenvalue weighted by molar-refractivity contribution is 0.883. The van der Waals surface area contributed by atoms with Crippen LogP contribution in [0.2, 0.25) is 0 Å². The molecule has 0 aliphatic carbocycles. The van der Waals surface area contributed by atoms with Crippen molar-refractivity contribution in [2.45, 2.75) is 0 Å². The summed E-state index contributed by atoms with van der Waals surface area (Å²) in [5.41, 5.74) is 16.8. The van der Waals surface area contributed by atoms with E-state index in [0.29, 0.717) is 5.82 Å². The highest BCUT2D eigenvalue weighted by Crippen LogP contribution is 2.42. The summed E-state index contributed by atoms with van der Waals surface area (Å²) in [7, 11) is 0. The zero-order chi connectivity index (χ0) is 41.0. The van der Waals surface area contributed by atoms with E-state index in [1.165, 1.54) is 60.9 Å². The fraction of sp³-hybridized carbons (Fsp3) is 0. The molecule has 0 bridgehead atoms. The van der Waals surface area contributed by atoms with E-state index in [1.54, 1.807) is 0 Å². The van der Waals surface area contributed by atoms with Crippen LogP contribution in [0.15, 0.2) is 224 Å². The Labute approximate surface area is 362 Å². The molecule has 62 heavy (non-hydrogen) atoms. The Morgan fingerprint density at radius 1 is 0.419 bits per heavy atom. The molecule has 3 aliphatic heterocycles. The summed E-state index contributed by atoms with van der Waals surface area (Å²) in [4.78, 5) is 13.1. The standard InChI is InChI=1S/C56H38B2N4/c1-4-15-39(16-5-1)46-33-47(40-17-6-2-7-18-40)35-48(34-46)45-29-31-57-51-28-27-44(36-55(51)62-54-26-13-11-22-43(54)30-32-58(62)61(57)38-45)56-59-52(42-20-8-3-9-21-42)37-53(60-56)50-25-14-23-41-19-10-12-24-49(41)50/h1-38H. The molecule has 288 valence electrons. The minimum Gasteiger partial charge on any atom is -0.436 e. The fourth-order valence-electron chi connectivity index (χ4n) is 9.48. The SMILES string of the molecule is C1=CC(c2cc(-c3ccccc3)cc(-c3ccccc3)c2)=CN2B1c1ccc(-c3nc(-c4ccccc4)cc(-c4cccc5ccccc45)n3)cc1N1B2C=Cc2ccccc21. The average molecular weight is 789 g/mol. The fourth-order valence-corrected chi connectivity index (χ4v) is 9.48. The molecule has 3 aliphatic rings. The van der Waals surface area contributed by atoms with Gasteiger partial charge in [0.25, 0.3) is 0 Å². The van der Waals surface area contributed by atoms with Crippen molar-refractivity contribution >= 4 is 53.1 Å². The Kier molecular flexibility index (Phi) is 8.67. The van der Waals surface area contributed by atoms with E-state index in [9.17, 15) is 0 Å². The number of nitrogens with zero attached hydrogens (tertiary/aromatic N) is 4. The third-order valence-electron chi connectivity index (χ3n) is 12.5. The second-order valence-corrected chi connectivity index (χ2v) is 16.2. The van der Waals surface area contributed by atoms with Gasteiger partial charge >= 0.3 is 13.8 Å². The van der Waals surface area contributed by atoms with Crippen molar-refractivity contribution in [3.63, 3.8) is 0 Å². The van der Waals surface area contributed by atoms with Gasteiger partial charge in [-0.15, -0.1) is 0 Å². The minimum atomic E-state index is -0.0636. The van der Waals surface area contributed by atoms with Crippen LogP contribution in [-0.2, 0) is 0 Å². The first-order valence-electron chi connectivity index (χ1n) is 21.3. The maximum absolute atomic E-state index is 5.35. The summed E-state index contributed by atoms with van der Waals surface area (Å²) in [6.07, 6.45) is 6.97. The molecule has 4 heterocycles. The Morgan fingerprint density at radius 2 is 1.06 bits per heavy atom. The Hall–Kier alpha value is -7.95. The molecule has 12 rings (SSSR count). The number of aromatic nitrogens is 2. The van der Waals surface area contributed by atoms with Crippen molar-refractivity contribution in [1.82, 2.24) is 14.7 Å². The van der Waals surface area contributed by atoms with Gasteiger partial charge in [-0.3, -0.25) is 0 Å². The molecule has 1 aromatic heterocycles. The molecule has 6 heteroatoms. The Bertz CT molecular complexity index is 3210. The molecule has 0 radical (unpaired) electrons. The smallest absolute Gasteiger partial charge is 0.395 e. The number of benzene rings is 8. The number of anilines is 2. The van der Waals surface area contributed by atoms with Crippen LogP contribution in [0.3, 0.4) is 0 Å². The van der Waals surface area contributed by atoms with Crippen molar-refractivity contribution in [1.29, 1.82) is 0 Å². The highest BCUT2D eigenvalue weighted by molar-refractivity contribution is 6.91. The minimum absolute atomic E-state index is 0.0210. The largest absolute Gasteiger partial charge is 0.436 e. The van der Waals surface area contributed by atoms with Gasteiger partial charge in [-0.1, -0.05) is 188 Å². The van der Waals surface area contributed by atoms with Gasteiger partial charge in [-0.2, -0.15) is 0 Å². The molecule has 8 aromatic carbocycles. The van der Waals surface area contributed by atoms with Gasteiger partial charge in [0, 0.05) is 28.1 Å². The van der Waals surface area contributed by atoms with E-state index >= 15 is 0 Å². The van der Waals surface area contributed by atoms with Crippen molar-refractivity contribution in [2.24, 2.45) is 0 Å². The van der Waals surface area contributed by atoms with Gasteiger partial charge < -0.3 is 9.53 Å². The number of allylic oxidation sites excluding steroid dienone is 2. The lowest BCUT2D eigenvalue weighted by Crippen LogP contribution is -2.64. The Balaban J connectivity index is 1.00. The first-order valence-corrected chi connectivity index (χ1v) is 21.3. The van der Waals surface area contributed by atoms with Gasteiger partial charge in [0.2, 0.25) is 0 Å². The van der Waals surface area contributed by atoms with Crippen LogP contribution in [0.5, 0.6) is 0 Å². The highest BCUT2D eigenvalue weighted by Gasteiger charge is 2.45. The average Bonchev–Trinajstić information content (AvgIpc) is 3.36. The van der Waals surface area contributed by atoms with Gasteiger partial charge in [0.15, 0.2) is 5.82 Å². The van der Waals surface area contributed by atoms with Crippen molar-refractivity contribution in [3.05, 3.63) is 236 Å². The summed E-state index contributed by atoms with van der Waals surface area (Å²) in [6, 6.07) is 71.5. The molecule has 4 nitrogen and oxygen atoms in total. The number of para-hydroxylation sites is 1. The molecule has 0 N–H and O–H groups in total. The molecule has 0 fully saturated rings. The maximum Gasteiger partial charge on any atom is 0.395 e. The summed E-state index contributed by atoms with van der Waals surface area (Å²) >= 11 is 0. The van der Waals surface area contributed by atoms with E-state index in [1.807, 2.05) is 6.07 Å². The van der Waals surface area contributed by atoms with Crippen molar-refractivity contribution in [2.75, 3.05) is 4.81 Å². The quantitative estimate of drug-likeness (QED) is 0.157. The summed E-state index contributed by atoms with van der Waals surface area (Å²) < 4.78 is 2.52. The molecule has 0 amide bonds. The number of hydrogen-bond donors (Lipinski definition) is 0. The van der Waals surface area contributed by atoms with E-state index in [-0.39, 0.29) is 13.8 Å². The lowest BCUT2D eigenvalue weighted by atomic mass is 9.42. The summed E-state index contributed by atoms with van der Waals surface area (Å²) in [6.45, 7) is -0.0426. The molecule has 0 unspecified atom stereocenters. The monoisotopic (exact) mass is 788 g/mol. The predicted octanol–water partition coefficient (Wildman–Crippen LogP) is 12.8. The first kappa shape index (κ1) is 35.9. The highest BCUT2D eigenvalue weighted by atomic mass is 15.2. The lowest BCUT2D eigenvalue weighted by Gasteiger charge is -2.48. The van der Waals surface area contributed by atoms with E-state index in [4.69, 9.17) is 9.97 Å². The van der Waals surface area contributed by atoms with Gasteiger partial charge in [-0.05, 0) is 97.8 Å². The predicted molar refractivity (Wildman–Crippen MR) is 261 cm³/mol. The molecule has 9 aromatic rings. The summed E-state index contributed by atoms with van der Waals surface area (Å²) in [5, 5.41) is 2.36. The number of rotatable bonds is 6. The molecular weight excluding hydrogens is 750 g/mol. The van der Waals surface area contributed by atoms with Crippen LogP contribution in [0.4, 0.5) is 11.4 Å². The van der Waals surface area contributed by atoms with Gasteiger partial charge in [0.05, 0.1) is 11.4 Å². The molecule has 0 saturated carbocycles. The first-order chi connectivity index (χ1) is 30.7. The summed E-state index contributed by atoms with van der Waals surface area (Å²) in [5.74, 6) is 5.42. The van der Waals surface area contributed by atoms with Crippen LogP contribution in [0.25, 0.3) is 78.6 Å². The normalized spacial score (nSPS) is 13.6. The second-order valence-electron chi connectivity index (χ2n) is 16.2. The van der Waals surface area contributed by atoms with Crippen LogP contribution in [0.1, 0.15) is 11.1 Å². The van der Waals surface area contributed by atoms with Gasteiger partial charge in [0.1, 0.15) is 0 Å². The van der Waals surface area contributed by atoms with Crippen LogP contribution in [0, 0.1) is 0 Å². The van der Waals surface area contributed by atoms with Crippen molar-refractivity contribution < 1.29 is 0 Å². The third-order valence-corrected chi connectivity index (χ3v) is 12.5. The number of hydrogen-bond acceptors (Lipinski definition) is 4. The Morgan fingerprint density at radius 3 is 1.84 bits per heavy atom. The molecular formula is C56H38B2N4. The van der Waals surface area contributed by atoms with Gasteiger partial charge in [-0.25, -0.2) is 9.97 Å². The van der Waals surface area contributed by atoms with E-state index in [0.717, 1.165) is 33.8 Å². The molecule has 0 atom stereocenters. The zero-order valence-electron chi connectivity index (χ0n) is 33.9. The van der Waals surface area contributed by atoms with Crippen LogP contribution in [-0.4, -0.2) is 28.5 Å². The van der Waals surface area contributed by atoms with Crippen molar-refractivity contribution in [3.8, 4) is 56.2 Å². The maximum atomic E-state index is 5.35. The number of fused-ring (bicyclic) bond motifs is 9. The third kappa shape index (κ3) is 6.27. The van der Waals surface area contributed by atoms with E-state index in [2.05, 4.69) is 234 Å². The molecule has 0 spiro atoms. The van der Waals surface area contributed by atoms with E-state index < -0.39 is 0 Å². The second kappa shape index (κ2) is 14.9. The van der Waals surface area contributed by atoms with Crippen LogP contribution < -0.4 is 10.3 Å². The van der Waals surface area contributed by atoms with Crippen LogP contribution >= 0.6 is 0 Å².